The van der Waals surface area contributed by atoms with Crippen molar-refractivity contribution in [2.24, 2.45) is 5.92 Å². The van der Waals surface area contributed by atoms with Gasteiger partial charge in [-0.15, -0.1) is 0 Å². The molecule has 1 aromatic rings. The highest BCUT2D eigenvalue weighted by Gasteiger charge is 2.16. The summed E-state index contributed by atoms with van der Waals surface area (Å²) < 4.78 is 13.2. The van der Waals surface area contributed by atoms with E-state index in [1.807, 2.05) is 13.0 Å². The second-order valence-corrected chi connectivity index (χ2v) is 5.26. The maximum absolute atomic E-state index is 13.2. The van der Waals surface area contributed by atoms with Gasteiger partial charge in [0.05, 0.1) is 0 Å². The van der Waals surface area contributed by atoms with Crippen LogP contribution < -0.4 is 5.32 Å². The van der Waals surface area contributed by atoms with E-state index in [0.29, 0.717) is 12.0 Å². The Hall–Kier alpha value is -0.890. The Morgan fingerprint density at radius 1 is 1.28 bits per heavy atom. The molecule has 0 saturated heterocycles. The van der Waals surface area contributed by atoms with E-state index in [1.54, 1.807) is 12.1 Å². The molecule has 1 N–H and O–H groups in total. The van der Waals surface area contributed by atoms with Gasteiger partial charge in [0.2, 0.25) is 0 Å². The van der Waals surface area contributed by atoms with Gasteiger partial charge in [0.25, 0.3) is 0 Å². The van der Waals surface area contributed by atoms with Crippen molar-refractivity contribution in [1.82, 2.24) is 5.32 Å². The minimum Gasteiger partial charge on any atom is -0.310 e. The van der Waals surface area contributed by atoms with Crippen molar-refractivity contribution in [2.45, 2.75) is 53.0 Å². The maximum Gasteiger partial charge on any atom is 0.123 e. The lowest BCUT2D eigenvalue weighted by Gasteiger charge is -2.23. The fourth-order valence-corrected chi connectivity index (χ4v) is 2.24. The summed E-state index contributed by atoms with van der Waals surface area (Å²) in [6, 6.07) is 5.48. The molecule has 1 rings (SSSR count). The third-order valence-electron chi connectivity index (χ3n) is 3.58. The molecule has 2 heteroatoms. The highest BCUT2D eigenvalue weighted by molar-refractivity contribution is 5.29. The van der Waals surface area contributed by atoms with E-state index < -0.39 is 0 Å². The number of hydrogen-bond donors (Lipinski definition) is 1. The third-order valence-corrected chi connectivity index (χ3v) is 3.58. The van der Waals surface area contributed by atoms with E-state index in [9.17, 15) is 4.39 Å². The zero-order chi connectivity index (χ0) is 13.5. The van der Waals surface area contributed by atoms with Crippen molar-refractivity contribution in [3.05, 3.63) is 35.1 Å². The van der Waals surface area contributed by atoms with Crippen LogP contribution in [-0.4, -0.2) is 6.54 Å². The van der Waals surface area contributed by atoms with Gasteiger partial charge in [-0.05, 0) is 55.5 Å². The van der Waals surface area contributed by atoms with E-state index in [-0.39, 0.29) is 5.82 Å². The van der Waals surface area contributed by atoms with E-state index in [1.165, 1.54) is 12.0 Å². The highest BCUT2D eigenvalue weighted by Crippen LogP contribution is 2.26. The predicted octanol–water partition coefficient (Wildman–Crippen LogP) is 4.61. The van der Waals surface area contributed by atoms with Crippen LogP contribution in [0.4, 0.5) is 4.39 Å². The minimum atomic E-state index is -0.144. The Morgan fingerprint density at radius 3 is 2.56 bits per heavy atom. The number of nitrogens with one attached hydrogen (secondary N) is 1. The molecule has 0 aliphatic rings. The van der Waals surface area contributed by atoms with Gasteiger partial charge in [-0.25, -0.2) is 4.39 Å². The molecule has 0 bridgehead atoms. The van der Waals surface area contributed by atoms with Gasteiger partial charge in [-0.2, -0.15) is 0 Å². The molecule has 0 radical (unpaired) electrons. The van der Waals surface area contributed by atoms with Crippen LogP contribution in [0, 0.1) is 18.7 Å². The van der Waals surface area contributed by atoms with Crippen molar-refractivity contribution in [3.8, 4) is 0 Å². The molecule has 0 fully saturated rings. The molecule has 18 heavy (non-hydrogen) atoms. The van der Waals surface area contributed by atoms with E-state index >= 15 is 0 Å². The molecule has 0 aliphatic heterocycles. The molecule has 0 heterocycles. The fraction of sp³-hybridized carbons (Fsp3) is 0.625. The molecule has 1 nitrogen and oxygen atoms in total. The summed E-state index contributed by atoms with van der Waals surface area (Å²) in [5.74, 6) is 0.540. The van der Waals surface area contributed by atoms with Crippen molar-refractivity contribution < 1.29 is 4.39 Å². The standard InChI is InChI=1S/C16H26FN/c1-5-9-18-16(10-12(3)6-2)15-8-7-14(17)11-13(15)4/h7-8,11-12,16,18H,5-6,9-10H2,1-4H3. The zero-order valence-corrected chi connectivity index (χ0v) is 12.1. The summed E-state index contributed by atoms with van der Waals surface area (Å²) in [7, 11) is 0. The second kappa shape index (κ2) is 7.52. The second-order valence-electron chi connectivity index (χ2n) is 5.26. The summed E-state index contributed by atoms with van der Waals surface area (Å²) in [6.07, 6.45) is 3.42. The number of halogens is 1. The summed E-state index contributed by atoms with van der Waals surface area (Å²) >= 11 is 0. The highest BCUT2D eigenvalue weighted by atomic mass is 19.1. The van der Waals surface area contributed by atoms with Gasteiger partial charge >= 0.3 is 0 Å². The fourth-order valence-electron chi connectivity index (χ4n) is 2.24. The lowest BCUT2D eigenvalue weighted by atomic mass is 9.91. The quantitative estimate of drug-likeness (QED) is 0.746. The van der Waals surface area contributed by atoms with Gasteiger partial charge in [-0.1, -0.05) is 33.3 Å². The van der Waals surface area contributed by atoms with Gasteiger partial charge < -0.3 is 5.32 Å². The van der Waals surface area contributed by atoms with Crippen LogP contribution in [0.5, 0.6) is 0 Å². The first-order valence-corrected chi connectivity index (χ1v) is 7.07. The minimum absolute atomic E-state index is 0.144. The van der Waals surface area contributed by atoms with Crippen LogP contribution in [0.15, 0.2) is 18.2 Å². The van der Waals surface area contributed by atoms with Crippen LogP contribution in [0.2, 0.25) is 0 Å². The average Bonchev–Trinajstić information content (AvgIpc) is 2.34. The molecular weight excluding hydrogens is 225 g/mol. The summed E-state index contributed by atoms with van der Waals surface area (Å²) in [6.45, 7) is 9.68. The Morgan fingerprint density at radius 2 is 2.00 bits per heavy atom. The van der Waals surface area contributed by atoms with Crippen molar-refractivity contribution in [2.75, 3.05) is 6.54 Å². The first-order valence-electron chi connectivity index (χ1n) is 7.07. The first-order chi connectivity index (χ1) is 8.58. The molecule has 0 aliphatic carbocycles. The van der Waals surface area contributed by atoms with Crippen molar-refractivity contribution in [3.63, 3.8) is 0 Å². The van der Waals surface area contributed by atoms with Crippen LogP contribution in [0.25, 0.3) is 0 Å². The summed E-state index contributed by atoms with van der Waals surface area (Å²) in [4.78, 5) is 0. The summed E-state index contributed by atoms with van der Waals surface area (Å²) in [5.41, 5.74) is 2.29. The Labute approximate surface area is 111 Å². The molecule has 2 atom stereocenters. The van der Waals surface area contributed by atoms with Crippen LogP contribution in [0.3, 0.4) is 0 Å². The van der Waals surface area contributed by atoms with Crippen LogP contribution in [-0.2, 0) is 0 Å². The molecule has 0 spiro atoms. The lowest BCUT2D eigenvalue weighted by molar-refractivity contribution is 0.401. The molecule has 1 aromatic carbocycles. The SMILES string of the molecule is CCCNC(CC(C)CC)c1ccc(F)cc1C. The Kier molecular flexibility index (Phi) is 6.34. The van der Waals surface area contributed by atoms with E-state index in [4.69, 9.17) is 0 Å². The topological polar surface area (TPSA) is 12.0 Å². The Balaban J connectivity index is 2.86. The van der Waals surface area contributed by atoms with Crippen LogP contribution >= 0.6 is 0 Å². The van der Waals surface area contributed by atoms with Gasteiger partial charge in [0.1, 0.15) is 5.82 Å². The third kappa shape index (κ3) is 4.41. The molecule has 0 aromatic heterocycles. The normalized spacial score (nSPS) is 14.5. The monoisotopic (exact) mass is 251 g/mol. The number of hydrogen-bond acceptors (Lipinski definition) is 1. The average molecular weight is 251 g/mol. The lowest BCUT2D eigenvalue weighted by Crippen LogP contribution is -2.24. The van der Waals surface area contributed by atoms with Gasteiger partial charge in [-0.3, -0.25) is 0 Å². The molecule has 2 unspecified atom stereocenters. The van der Waals surface area contributed by atoms with E-state index in [2.05, 4.69) is 26.1 Å². The molecule has 102 valence electrons. The van der Waals surface area contributed by atoms with Crippen LogP contribution in [0.1, 0.15) is 57.2 Å². The maximum atomic E-state index is 13.2. The molecule has 0 saturated carbocycles. The molecule has 0 amide bonds. The predicted molar refractivity (Wildman–Crippen MR) is 76.2 cm³/mol. The van der Waals surface area contributed by atoms with Gasteiger partial charge in [0, 0.05) is 6.04 Å². The smallest absolute Gasteiger partial charge is 0.123 e. The Bertz CT molecular complexity index is 362. The van der Waals surface area contributed by atoms with Crippen molar-refractivity contribution in [1.29, 1.82) is 0 Å². The zero-order valence-electron chi connectivity index (χ0n) is 12.1. The molecular formula is C16H26FN. The number of rotatable bonds is 7. The number of benzene rings is 1. The largest absolute Gasteiger partial charge is 0.310 e. The van der Waals surface area contributed by atoms with Crippen molar-refractivity contribution >= 4 is 0 Å². The number of aryl methyl sites for hydroxylation is 1. The van der Waals surface area contributed by atoms with E-state index in [0.717, 1.165) is 24.9 Å². The van der Waals surface area contributed by atoms with Gasteiger partial charge in [0.15, 0.2) is 0 Å². The first kappa shape index (κ1) is 15.2. The summed E-state index contributed by atoms with van der Waals surface area (Å²) in [5, 5.41) is 3.59.